The van der Waals surface area contributed by atoms with Crippen LogP contribution in [0.4, 0.5) is 14.9 Å². The molecule has 2 aliphatic rings. The summed E-state index contributed by atoms with van der Waals surface area (Å²) in [6.45, 7) is 7.41. The molecule has 0 radical (unpaired) electrons. The van der Waals surface area contributed by atoms with Gasteiger partial charge in [-0.15, -0.1) is 0 Å². The Morgan fingerprint density at radius 1 is 1.02 bits per heavy atom. The fourth-order valence-electron chi connectivity index (χ4n) is 5.92. The Labute approximate surface area is 252 Å². The van der Waals surface area contributed by atoms with Crippen molar-refractivity contribution in [3.05, 3.63) is 77.6 Å². The quantitative estimate of drug-likeness (QED) is 0.364. The SMILES string of the molecule is Cc1cc(-c2ccc(F)cc2N2C(=O)NC(=O)C23CCN(Cc2cccc(OC(C)C)c2)CC3)ccc1S(=O)(=O)N(C)C. The molecule has 2 fully saturated rings. The van der Waals surface area contributed by atoms with E-state index in [9.17, 15) is 22.4 Å². The van der Waals surface area contributed by atoms with Gasteiger partial charge in [0.05, 0.1) is 16.7 Å². The maximum absolute atomic E-state index is 14.8. The van der Waals surface area contributed by atoms with E-state index >= 15 is 0 Å². The number of piperidine rings is 1. The predicted molar refractivity (Wildman–Crippen MR) is 163 cm³/mol. The second-order valence-electron chi connectivity index (χ2n) is 11.6. The Kier molecular flexibility index (Phi) is 8.34. The molecule has 43 heavy (non-hydrogen) atoms. The molecule has 2 aliphatic heterocycles. The van der Waals surface area contributed by atoms with E-state index in [0.29, 0.717) is 49.2 Å². The number of benzene rings is 3. The lowest BCUT2D eigenvalue weighted by Crippen LogP contribution is -2.56. The second-order valence-corrected chi connectivity index (χ2v) is 13.8. The molecule has 9 nitrogen and oxygen atoms in total. The summed E-state index contributed by atoms with van der Waals surface area (Å²) in [6, 6.07) is 16.3. The molecule has 0 bridgehead atoms. The molecule has 0 aromatic heterocycles. The van der Waals surface area contributed by atoms with Crippen molar-refractivity contribution in [3.8, 4) is 16.9 Å². The van der Waals surface area contributed by atoms with E-state index < -0.39 is 33.3 Å². The summed E-state index contributed by atoms with van der Waals surface area (Å²) in [5, 5.41) is 2.47. The Hall–Kier alpha value is -3.80. The number of nitrogens with one attached hydrogen (secondary N) is 1. The molecule has 0 saturated carbocycles. The van der Waals surface area contributed by atoms with Gasteiger partial charge in [-0.3, -0.25) is 19.9 Å². The molecule has 3 aromatic rings. The number of sulfonamides is 1. The normalized spacial score (nSPS) is 17.3. The van der Waals surface area contributed by atoms with Gasteiger partial charge in [0.1, 0.15) is 17.1 Å². The fraction of sp³-hybridized carbons (Fsp3) is 0.375. The van der Waals surface area contributed by atoms with Crippen LogP contribution in [0.15, 0.2) is 65.6 Å². The first-order chi connectivity index (χ1) is 20.3. The number of rotatable bonds is 8. The molecule has 11 heteroatoms. The number of urea groups is 1. The first-order valence-corrected chi connectivity index (χ1v) is 15.7. The molecule has 3 amide bonds. The summed E-state index contributed by atoms with van der Waals surface area (Å²) in [5.41, 5.74) is 1.80. The van der Waals surface area contributed by atoms with Crippen LogP contribution in [0.5, 0.6) is 5.75 Å². The number of hydrogen-bond acceptors (Lipinski definition) is 6. The van der Waals surface area contributed by atoms with E-state index in [1.165, 1.54) is 37.2 Å². The highest BCUT2D eigenvalue weighted by Gasteiger charge is 2.55. The number of hydrogen-bond donors (Lipinski definition) is 1. The third kappa shape index (κ3) is 5.89. The van der Waals surface area contributed by atoms with Gasteiger partial charge >= 0.3 is 6.03 Å². The predicted octanol–water partition coefficient (Wildman–Crippen LogP) is 4.93. The van der Waals surface area contributed by atoms with Crippen molar-refractivity contribution < 1.29 is 27.1 Å². The molecule has 2 saturated heterocycles. The zero-order valence-corrected chi connectivity index (χ0v) is 25.9. The highest BCUT2D eigenvalue weighted by Crippen LogP contribution is 2.42. The van der Waals surface area contributed by atoms with Gasteiger partial charge in [-0.2, -0.15) is 0 Å². The number of halogens is 1. The Morgan fingerprint density at radius 2 is 1.74 bits per heavy atom. The van der Waals surface area contributed by atoms with Crippen LogP contribution in [0.2, 0.25) is 0 Å². The van der Waals surface area contributed by atoms with Gasteiger partial charge < -0.3 is 4.74 Å². The topological polar surface area (TPSA) is 99.3 Å². The molecule has 0 aliphatic carbocycles. The van der Waals surface area contributed by atoms with Crippen LogP contribution in [-0.2, 0) is 21.4 Å². The summed E-state index contributed by atoms with van der Waals surface area (Å²) in [5.74, 6) is -0.150. The average Bonchev–Trinajstić information content (AvgIpc) is 3.17. The lowest BCUT2D eigenvalue weighted by atomic mass is 9.84. The molecule has 228 valence electrons. The van der Waals surface area contributed by atoms with Crippen molar-refractivity contribution in [2.24, 2.45) is 0 Å². The molecule has 0 unspecified atom stereocenters. The van der Waals surface area contributed by atoms with E-state index in [1.807, 2.05) is 38.1 Å². The van der Waals surface area contributed by atoms with Gasteiger partial charge in [-0.25, -0.2) is 21.9 Å². The fourth-order valence-corrected chi connectivity index (χ4v) is 7.02. The summed E-state index contributed by atoms with van der Waals surface area (Å²) >= 11 is 0. The first-order valence-electron chi connectivity index (χ1n) is 14.3. The van der Waals surface area contributed by atoms with E-state index in [4.69, 9.17) is 4.74 Å². The molecular weight excluding hydrogens is 571 g/mol. The zero-order valence-electron chi connectivity index (χ0n) is 25.1. The maximum atomic E-state index is 14.8. The average molecular weight is 609 g/mol. The van der Waals surface area contributed by atoms with Crippen molar-refractivity contribution in [3.63, 3.8) is 0 Å². The van der Waals surface area contributed by atoms with E-state index in [2.05, 4.69) is 10.2 Å². The number of carbonyl (C=O) groups excluding carboxylic acids is 2. The van der Waals surface area contributed by atoms with E-state index in [1.54, 1.807) is 25.1 Å². The maximum Gasteiger partial charge on any atom is 0.329 e. The molecule has 1 N–H and O–H groups in total. The van der Waals surface area contributed by atoms with Crippen molar-refractivity contribution in [1.82, 2.24) is 14.5 Å². The molecule has 1 spiro atoms. The lowest BCUT2D eigenvalue weighted by molar-refractivity contribution is -0.124. The van der Waals surface area contributed by atoms with Crippen molar-refractivity contribution in [2.45, 2.75) is 56.7 Å². The van der Waals surface area contributed by atoms with Crippen LogP contribution in [0, 0.1) is 12.7 Å². The molecular formula is C32H37FN4O5S. The van der Waals surface area contributed by atoms with Crippen LogP contribution in [0.1, 0.15) is 37.8 Å². The number of nitrogens with zero attached hydrogens (tertiary/aromatic N) is 3. The van der Waals surface area contributed by atoms with Crippen molar-refractivity contribution in [2.75, 3.05) is 32.1 Å². The third-order valence-corrected chi connectivity index (χ3v) is 10.1. The van der Waals surface area contributed by atoms with Gasteiger partial charge in [0.2, 0.25) is 10.0 Å². The first kappa shape index (κ1) is 30.7. The molecule has 2 heterocycles. The van der Waals surface area contributed by atoms with Crippen LogP contribution >= 0.6 is 0 Å². The Balaban J connectivity index is 1.45. The number of imide groups is 1. The third-order valence-electron chi connectivity index (χ3n) is 8.08. The number of carbonyl (C=O) groups is 2. The van der Waals surface area contributed by atoms with Gasteiger partial charge in [-0.05, 0) is 86.7 Å². The monoisotopic (exact) mass is 608 g/mol. The molecule has 0 atom stereocenters. The minimum absolute atomic E-state index is 0.0649. The standard InChI is InChI=1S/C32H37FN4O5S/c1-21(2)42-26-8-6-7-23(18-26)20-36-15-13-32(14-16-36)30(38)34-31(39)37(32)28-19-25(33)10-11-27(28)24-9-12-29(22(3)17-24)43(40,41)35(4)5/h6-12,17-19,21H,13-16,20H2,1-5H3,(H,34,38,39). The summed E-state index contributed by atoms with van der Waals surface area (Å²) in [6.07, 6.45) is 0.791. The Bertz CT molecular complexity index is 1670. The minimum Gasteiger partial charge on any atom is -0.491 e. The van der Waals surface area contributed by atoms with Crippen LogP contribution in [0.25, 0.3) is 11.1 Å². The van der Waals surface area contributed by atoms with Gasteiger partial charge in [0.25, 0.3) is 5.91 Å². The van der Waals surface area contributed by atoms with E-state index in [-0.39, 0.29) is 16.7 Å². The van der Waals surface area contributed by atoms with Crippen LogP contribution < -0.4 is 15.0 Å². The Morgan fingerprint density at radius 3 is 2.40 bits per heavy atom. The molecule has 3 aromatic carbocycles. The van der Waals surface area contributed by atoms with Crippen molar-refractivity contribution in [1.29, 1.82) is 0 Å². The van der Waals surface area contributed by atoms with Gasteiger partial charge in [0.15, 0.2) is 0 Å². The summed E-state index contributed by atoms with van der Waals surface area (Å²) in [4.78, 5) is 30.5. The van der Waals surface area contributed by atoms with Crippen LogP contribution in [0.3, 0.4) is 0 Å². The second kappa shape index (κ2) is 11.7. The number of ether oxygens (including phenoxy) is 1. The number of likely N-dealkylation sites (tertiary alicyclic amines) is 1. The molecule has 5 rings (SSSR count). The number of amides is 3. The summed E-state index contributed by atoms with van der Waals surface area (Å²) < 4.78 is 47.3. The highest BCUT2D eigenvalue weighted by molar-refractivity contribution is 7.89. The van der Waals surface area contributed by atoms with Gasteiger partial charge in [-0.1, -0.05) is 24.3 Å². The number of anilines is 1. The zero-order chi connectivity index (χ0) is 31.1. The number of aryl methyl sites for hydroxylation is 1. The van der Waals surface area contributed by atoms with Crippen molar-refractivity contribution >= 4 is 27.6 Å². The highest BCUT2D eigenvalue weighted by atomic mass is 32.2. The lowest BCUT2D eigenvalue weighted by Gasteiger charge is -2.42. The minimum atomic E-state index is -3.67. The van der Waals surface area contributed by atoms with Gasteiger partial charge in [0, 0.05) is 39.3 Å². The van der Waals surface area contributed by atoms with Crippen LogP contribution in [-0.4, -0.2) is 68.4 Å². The smallest absolute Gasteiger partial charge is 0.329 e. The summed E-state index contributed by atoms with van der Waals surface area (Å²) in [7, 11) is -0.740. The largest absolute Gasteiger partial charge is 0.491 e. The van der Waals surface area contributed by atoms with E-state index in [0.717, 1.165) is 15.6 Å².